The van der Waals surface area contributed by atoms with Gasteiger partial charge in [-0.2, -0.15) is 4.73 Å². The lowest BCUT2D eigenvalue weighted by Crippen LogP contribution is -2.34. The Morgan fingerprint density at radius 2 is 1.90 bits per heavy atom. The summed E-state index contributed by atoms with van der Waals surface area (Å²) in [4.78, 5) is 30.1. The average Bonchev–Trinajstić information content (AvgIpc) is 3.04. The first kappa shape index (κ1) is 27.7. The van der Waals surface area contributed by atoms with Crippen LogP contribution in [0.3, 0.4) is 0 Å². The highest BCUT2D eigenvalue weighted by Gasteiger charge is 2.31. The summed E-state index contributed by atoms with van der Waals surface area (Å²) < 4.78 is 48.5. The van der Waals surface area contributed by atoms with Gasteiger partial charge in [0.25, 0.3) is 0 Å². The SMILES string of the molecule is O=C(O)CC[C@H]1Cc2ccc(OCCCN=c3ccccn3O)cc2CN(Cc2ccc(F)c(F)c2F)C1=O. The van der Waals surface area contributed by atoms with Crippen LogP contribution in [-0.2, 0) is 29.1 Å². The first-order chi connectivity index (χ1) is 18.7. The minimum absolute atomic E-state index is 0.0627. The van der Waals surface area contributed by atoms with Crippen molar-refractivity contribution >= 4 is 11.9 Å². The van der Waals surface area contributed by atoms with E-state index in [1.807, 2.05) is 6.07 Å². The number of aromatic nitrogens is 1. The zero-order valence-electron chi connectivity index (χ0n) is 21.0. The number of ether oxygens (including phenoxy) is 1. The Morgan fingerprint density at radius 1 is 1.08 bits per heavy atom. The molecule has 0 aliphatic carbocycles. The summed E-state index contributed by atoms with van der Waals surface area (Å²) in [5.41, 5.74) is 1.80. The third kappa shape index (κ3) is 6.98. The molecule has 39 heavy (non-hydrogen) atoms. The molecular weight excluding hydrogens is 515 g/mol. The van der Waals surface area contributed by atoms with Crippen molar-refractivity contribution in [3.8, 4) is 5.75 Å². The number of pyridine rings is 1. The fraction of sp³-hybridized carbons (Fsp3) is 0.321. The van der Waals surface area contributed by atoms with Gasteiger partial charge in [0, 0.05) is 50.2 Å². The molecule has 4 rings (SSSR count). The molecule has 1 aliphatic heterocycles. The number of carbonyl (C=O) groups is 2. The van der Waals surface area contributed by atoms with Gasteiger partial charge in [-0.15, -0.1) is 0 Å². The molecule has 0 spiro atoms. The van der Waals surface area contributed by atoms with Crippen molar-refractivity contribution in [1.82, 2.24) is 9.63 Å². The Balaban J connectivity index is 1.50. The lowest BCUT2D eigenvalue weighted by Gasteiger charge is -2.25. The molecule has 2 aromatic carbocycles. The monoisotopic (exact) mass is 543 g/mol. The van der Waals surface area contributed by atoms with Gasteiger partial charge in [-0.25, -0.2) is 13.2 Å². The van der Waals surface area contributed by atoms with E-state index >= 15 is 0 Å². The summed E-state index contributed by atoms with van der Waals surface area (Å²) in [6.07, 6.45) is 2.21. The Kier molecular flexibility index (Phi) is 8.90. The van der Waals surface area contributed by atoms with Crippen LogP contribution >= 0.6 is 0 Å². The predicted molar refractivity (Wildman–Crippen MR) is 133 cm³/mol. The molecule has 0 saturated carbocycles. The zero-order chi connectivity index (χ0) is 27.9. The van der Waals surface area contributed by atoms with E-state index in [9.17, 15) is 28.0 Å². The number of carbonyl (C=O) groups excluding carboxylic acids is 1. The Bertz CT molecular complexity index is 1430. The van der Waals surface area contributed by atoms with Gasteiger partial charge in [-0.1, -0.05) is 18.2 Å². The van der Waals surface area contributed by atoms with Crippen molar-refractivity contribution in [3.05, 3.63) is 94.4 Å². The van der Waals surface area contributed by atoms with E-state index in [1.54, 1.807) is 30.3 Å². The van der Waals surface area contributed by atoms with Crippen LogP contribution in [0.15, 0.2) is 59.7 Å². The molecule has 3 aromatic rings. The molecule has 206 valence electrons. The van der Waals surface area contributed by atoms with Crippen molar-refractivity contribution in [3.63, 3.8) is 0 Å². The van der Waals surface area contributed by atoms with Crippen LogP contribution in [0.4, 0.5) is 13.2 Å². The number of rotatable bonds is 10. The lowest BCUT2D eigenvalue weighted by atomic mass is 9.93. The molecule has 0 saturated heterocycles. The van der Waals surface area contributed by atoms with Crippen molar-refractivity contribution in [2.24, 2.45) is 10.9 Å². The lowest BCUT2D eigenvalue weighted by molar-refractivity contribution is -0.139. The van der Waals surface area contributed by atoms with E-state index in [2.05, 4.69) is 4.99 Å². The molecule has 0 bridgehead atoms. The van der Waals surface area contributed by atoms with E-state index in [4.69, 9.17) is 9.84 Å². The summed E-state index contributed by atoms with van der Waals surface area (Å²) in [5, 5.41) is 18.8. The van der Waals surface area contributed by atoms with E-state index in [1.165, 1.54) is 11.1 Å². The van der Waals surface area contributed by atoms with Crippen LogP contribution in [0.25, 0.3) is 0 Å². The Labute approximate surface area is 222 Å². The summed E-state index contributed by atoms with van der Waals surface area (Å²) in [6.45, 7) is 0.516. The van der Waals surface area contributed by atoms with Gasteiger partial charge in [-0.3, -0.25) is 14.6 Å². The van der Waals surface area contributed by atoms with Crippen molar-refractivity contribution in [2.75, 3.05) is 13.2 Å². The van der Waals surface area contributed by atoms with Crippen LogP contribution in [0.1, 0.15) is 36.0 Å². The van der Waals surface area contributed by atoms with E-state index in [0.29, 0.717) is 30.8 Å². The molecular formula is C28H28F3N3O5. The number of hydrogen-bond acceptors (Lipinski definition) is 5. The summed E-state index contributed by atoms with van der Waals surface area (Å²) in [7, 11) is 0. The van der Waals surface area contributed by atoms with Gasteiger partial charge < -0.3 is 20.0 Å². The molecule has 0 radical (unpaired) electrons. The summed E-state index contributed by atoms with van der Waals surface area (Å²) in [6, 6.07) is 12.4. The van der Waals surface area contributed by atoms with Gasteiger partial charge in [0.05, 0.1) is 6.61 Å². The van der Waals surface area contributed by atoms with Crippen LogP contribution in [-0.4, -0.2) is 45.0 Å². The highest BCUT2D eigenvalue weighted by molar-refractivity contribution is 5.80. The molecule has 8 nitrogen and oxygen atoms in total. The second-order valence-corrected chi connectivity index (χ2v) is 9.28. The molecule has 1 aliphatic rings. The minimum Gasteiger partial charge on any atom is -0.494 e. The quantitative estimate of drug-likeness (QED) is 0.228. The van der Waals surface area contributed by atoms with Crippen LogP contribution in [0.5, 0.6) is 5.75 Å². The number of benzene rings is 2. The van der Waals surface area contributed by atoms with Gasteiger partial charge in [-0.05, 0) is 54.3 Å². The Hall–Kier alpha value is -4.28. The molecule has 2 N–H and O–H groups in total. The summed E-state index contributed by atoms with van der Waals surface area (Å²) >= 11 is 0. The van der Waals surface area contributed by atoms with E-state index in [0.717, 1.165) is 28.0 Å². The fourth-order valence-corrected chi connectivity index (χ4v) is 4.48. The smallest absolute Gasteiger partial charge is 0.303 e. The molecule has 11 heteroatoms. The third-order valence-electron chi connectivity index (χ3n) is 6.51. The number of halogens is 3. The maximum atomic E-state index is 14.4. The van der Waals surface area contributed by atoms with Crippen LogP contribution in [0, 0.1) is 23.4 Å². The van der Waals surface area contributed by atoms with Gasteiger partial charge in [0.15, 0.2) is 22.9 Å². The Morgan fingerprint density at radius 3 is 2.67 bits per heavy atom. The zero-order valence-corrected chi connectivity index (χ0v) is 21.0. The first-order valence-electron chi connectivity index (χ1n) is 12.5. The van der Waals surface area contributed by atoms with Gasteiger partial charge in [0.1, 0.15) is 5.75 Å². The molecule has 2 heterocycles. The standard InChI is InChI=1S/C28H28F3N3O5/c29-23-9-6-20(26(30)27(23)31)16-33-17-21-15-22(39-13-3-11-32-24-4-1-2-12-34(24)38)8-5-18(21)14-19(28(33)37)7-10-25(35)36/h1-2,4-6,8-9,12,15,19,38H,3,7,10-11,13-14,16-17H2,(H,35,36)/t19-/m0/s1. The van der Waals surface area contributed by atoms with Gasteiger partial charge >= 0.3 is 5.97 Å². The second kappa shape index (κ2) is 12.5. The molecule has 1 atom stereocenters. The van der Waals surface area contributed by atoms with E-state index in [-0.39, 0.29) is 43.8 Å². The normalized spacial score (nSPS) is 15.7. The van der Waals surface area contributed by atoms with Gasteiger partial charge in [0.2, 0.25) is 5.91 Å². The first-order valence-corrected chi connectivity index (χ1v) is 12.5. The molecule has 0 unspecified atom stereocenters. The van der Waals surface area contributed by atoms with Crippen molar-refractivity contribution in [1.29, 1.82) is 0 Å². The number of aliphatic carboxylic acids is 1. The van der Waals surface area contributed by atoms with Crippen molar-refractivity contribution < 1.29 is 37.8 Å². The number of fused-ring (bicyclic) bond motifs is 1. The number of nitrogens with zero attached hydrogens (tertiary/aromatic N) is 3. The maximum absolute atomic E-state index is 14.4. The molecule has 1 aromatic heterocycles. The fourth-order valence-electron chi connectivity index (χ4n) is 4.48. The number of carboxylic acid groups (broad SMARTS) is 1. The average molecular weight is 544 g/mol. The van der Waals surface area contributed by atoms with Crippen LogP contribution < -0.4 is 10.2 Å². The van der Waals surface area contributed by atoms with Crippen LogP contribution in [0.2, 0.25) is 0 Å². The minimum atomic E-state index is -1.61. The van der Waals surface area contributed by atoms with E-state index < -0.39 is 29.3 Å². The van der Waals surface area contributed by atoms with Crippen molar-refractivity contribution in [2.45, 2.75) is 38.8 Å². The highest BCUT2D eigenvalue weighted by atomic mass is 19.2. The topological polar surface area (TPSA) is 104 Å². The second-order valence-electron chi connectivity index (χ2n) is 9.28. The molecule has 0 fully saturated rings. The third-order valence-corrected chi connectivity index (χ3v) is 6.51. The number of hydrogen-bond donors (Lipinski definition) is 2. The predicted octanol–water partition coefficient (Wildman–Crippen LogP) is 4.08. The summed E-state index contributed by atoms with van der Waals surface area (Å²) in [5.74, 6) is -5.85. The number of carboxylic acids is 1. The number of amides is 1. The maximum Gasteiger partial charge on any atom is 0.303 e. The molecule has 1 amide bonds. The highest BCUT2D eigenvalue weighted by Crippen LogP contribution is 2.30. The largest absolute Gasteiger partial charge is 0.494 e.